The van der Waals surface area contributed by atoms with Crippen LogP contribution < -0.4 is 5.32 Å². The number of carbonyl (C=O) groups excluding carboxylic acids is 3. The molecule has 0 bridgehead atoms. The highest BCUT2D eigenvalue weighted by Gasteiger charge is 2.35. The molecule has 1 aromatic rings. The van der Waals surface area contributed by atoms with E-state index in [0.29, 0.717) is 10.0 Å². The molecule has 2 amide bonds. The summed E-state index contributed by atoms with van der Waals surface area (Å²) in [6.07, 6.45) is -0.00879. The molecule has 1 unspecified atom stereocenters. The quantitative estimate of drug-likeness (QED) is 0.646. The van der Waals surface area contributed by atoms with E-state index in [2.05, 4.69) is 5.32 Å². The molecule has 1 fully saturated rings. The summed E-state index contributed by atoms with van der Waals surface area (Å²) in [5.41, 5.74) is 0.642. The molecule has 0 radical (unpaired) electrons. The maximum atomic E-state index is 12.2. The first-order chi connectivity index (χ1) is 10.9. The molecule has 6 nitrogen and oxygen atoms in total. The van der Waals surface area contributed by atoms with E-state index in [4.69, 9.17) is 17.0 Å². The van der Waals surface area contributed by atoms with Crippen LogP contribution >= 0.6 is 24.0 Å². The molecule has 1 heterocycles. The summed E-state index contributed by atoms with van der Waals surface area (Å²) in [5.74, 6) is -1.05. The Morgan fingerprint density at radius 2 is 2.09 bits per heavy atom. The number of thiocarbonyl (C=S) groups is 1. The number of rotatable bonds is 5. The van der Waals surface area contributed by atoms with E-state index in [1.165, 1.54) is 16.7 Å². The summed E-state index contributed by atoms with van der Waals surface area (Å²) in [6, 6.07) is 6.58. The Bertz CT molecular complexity index is 663. The van der Waals surface area contributed by atoms with E-state index in [0.717, 1.165) is 0 Å². The second-order valence-corrected chi connectivity index (χ2v) is 6.62. The SMILES string of the molecule is CCOC(=O)c1ccccc1NC(=O)CC1SC(=S)N(C)C1=O. The van der Waals surface area contributed by atoms with Gasteiger partial charge in [-0.05, 0) is 19.1 Å². The van der Waals surface area contributed by atoms with Crippen LogP contribution in [-0.4, -0.2) is 45.9 Å². The van der Waals surface area contributed by atoms with Crippen LogP contribution in [0.25, 0.3) is 0 Å². The van der Waals surface area contributed by atoms with Crippen LogP contribution in [0, 0.1) is 0 Å². The number of nitrogens with zero attached hydrogens (tertiary/aromatic N) is 1. The molecule has 122 valence electrons. The molecular weight excluding hydrogens is 336 g/mol. The van der Waals surface area contributed by atoms with Crippen LogP contribution in [0.5, 0.6) is 0 Å². The summed E-state index contributed by atoms with van der Waals surface area (Å²) in [4.78, 5) is 37.3. The van der Waals surface area contributed by atoms with Crippen LogP contribution in [0.3, 0.4) is 0 Å². The summed E-state index contributed by atoms with van der Waals surface area (Å²) < 4.78 is 5.41. The molecule has 8 heteroatoms. The van der Waals surface area contributed by atoms with Crippen LogP contribution in [0.4, 0.5) is 5.69 Å². The first-order valence-corrected chi connectivity index (χ1v) is 8.27. The fourth-order valence-electron chi connectivity index (χ4n) is 2.03. The number of esters is 1. The molecule has 0 aromatic heterocycles. The normalized spacial score (nSPS) is 17.3. The first-order valence-electron chi connectivity index (χ1n) is 6.98. The zero-order valence-corrected chi connectivity index (χ0v) is 14.3. The smallest absolute Gasteiger partial charge is 0.340 e. The van der Waals surface area contributed by atoms with Gasteiger partial charge in [-0.25, -0.2) is 4.79 Å². The highest BCUT2D eigenvalue weighted by Crippen LogP contribution is 2.28. The van der Waals surface area contributed by atoms with Gasteiger partial charge in [-0.3, -0.25) is 14.5 Å². The van der Waals surface area contributed by atoms with E-state index in [1.54, 1.807) is 38.2 Å². The third-order valence-electron chi connectivity index (χ3n) is 3.19. The molecule has 23 heavy (non-hydrogen) atoms. The number of ether oxygens (including phenoxy) is 1. The van der Waals surface area contributed by atoms with Gasteiger partial charge in [0, 0.05) is 13.5 Å². The maximum Gasteiger partial charge on any atom is 0.340 e. The molecule has 1 aliphatic rings. The lowest BCUT2D eigenvalue weighted by molar-refractivity contribution is -0.127. The Morgan fingerprint density at radius 1 is 1.39 bits per heavy atom. The summed E-state index contributed by atoms with van der Waals surface area (Å²) in [6.45, 7) is 1.96. The van der Waals surface area contributed by atoms with Crippen LogP contribution in [0.15, 0.2) is 24.3 Å². The van der Waals surface area contributed by atoms with Gasteiger partial charge in [0.05, 0.1) is 23.1 Å². The van der Waals surface area contributed by atoms with Gasteiger partial charge in [-0.2, -0.15) is 0 Å². The molecule has 0 saturated carbocycles. The van der Waals surface area contributed by atoms with Crippen molar-refractivity contribution in [1.29, 1.82) is 0 Å². The van der Waals surface area contributed by atoms with E-state index in [1.807, 2.05) is 0 Å². The molecule has 1 saturated heterocycles. The summed E-state index contributed by atoms with van der Waals surface area (Å²) in [7, 11) is 1.59. The van der Waals surface area contributed by atoms with Gasteiger partial charge in [0.15, 0.2) is 0 Å². The number of hydrogen-bond donors (Lipinski definition) is 1. The Hall–Kier alpha value is -1.93. The lowest BCUT2D eigenvalue weighted by Gasteiger charge is -2.12. The van der Waals surface area contributed by atoms with Gasteiger partial charge >= 0.3 is 5.97 Å². The molecular formula is C15H16N2O4S2. The van der Waals surface area contributed by atoms with Crippen molar-refractivity contribution in [2.45, 2.75) is 18.6 Å². The molecule has 1 aromatic carbocycles. The lowest BCUT2D eigenvalue weighted by Crippen LogP contribution is -2.29. The average molecular weight is 352 g/mol. The minimum atomic E-state index is -0.526. The minimum absolute atomic E-state index is 0.00879. The predicted molar refractivity (Wildman–Crippen MR) is 92.4 cm³/mol. The van der Waals surface area contributed by atoms with Crippen molar-refractivity contribution in [3.8, 4) is 0 Å². The van der Waals surface area contributed by atoms with E-state index in [9.17, 15) is 14.4 Å². The van der Waals surface area contributed by atoms with Crippen molar-refractivity contribution in [1.82, 2.24) is 4.90 Å². The van der Waals surface area contributed by atoms with E-state index in [-0.39, 0.29) is 30.4 Å². The number of thioether (sulfide) groups is 1. The Morgan fingerprint density at radius 3 is 2.70 bits per heavy atom. The van der Waals surface area contributed by atoms with Gasteiger partial charge in [-0.1, -0.05) is 36.1 Å². The van der Waals surface area contributed by atoms with Crippen LogP contribution in [-0.2, 0) is 14.3 Å². The second-order valence-electron chi connectivity index (χ2n) is 4.79. The summed E-state index contributed by atoms with van der Waals surface area (Å²) in [5, 5.41) is 2.13. The van der Waals surface area contributed by atoms with Gasteiger partial charge in [0.1, 0.15) is 4.32 Å². The predicted octanol–water partition coefficient (Wildman–Crippen LogP) is 2.05. The minimum Gasteiger partial charge on any atom is -0.462 e. The zero-order valence-electron chi connectivity index (χ0n) is 12.7. The van der Waals surface area contributed by atoms with Crippen molar-refractivity contribution in [2.24, 2.45) is 0 Å². The molecule has 1 atom stereocenters. The van der Waals surface area contributed by atoms with Crippen molar-refractivity contribution >= 4 is 51.8 Å². The van der Waals surface area contributed by atoms with Crippen molar-refractivity contribution in [2.75, 3.05) is 19.0 Å². The largest absolute Gasteiger partial charge is 0.462 e. The number of amides is 2. The van der Waals surface area contributed by atoms with Gasteiger partial charge in [0.2, 0.25) is 11.8 Å². The Balaban J connectivity index is 2.05. The third-order valence-corrected chi connectivity index (χ3v) is 4.88. The third kappa shape index (κ3) is 4.08. The standard InChI is InChI=1S/C15H16N2O4S2/c1-3-21-14(20)9-6-4-5-7-10(9)16-12(18)8-11-13(19)17(2)15(22)23-11/h4-7,11H,3,8H2,1-2H3,(H,16,18). The van der Waals surface area contributed by atoms with E-state index >= 15 is 0 Å². The molecule has 2 rings (SSSR count). The molecule has 1 N–H and O–H groups in total. The number of para-hydroxylation sites is 1. The second kappa shape index (κ2) is 7.56. The van der Waals surface area contributed by atoms with Crippen molar-refractivity contribution in [3.63, 3.8) is 0 Å². The van der Waals surface area contributed by atoms with Gasteiger partial charge in [-0.15, -0.1) is 0 Å². The molecule has 1 aliphatic heterocycles. The Labute approximate surface area is 143 Å². The first kappa shape index (κ1) is 17.4. The van der Waals surface area contributed by atoms with Crippen molar-refractivity contribution in [3.05, 3.63) is 29.8 Å². The highest BCUT2D eigenvalue weighted by molar-refractivity contribution is 8.24. The molecule has 0 aliphatic carbocycles. The van der Waals surface area contributed by atoms with Crippen LogP contribution in [0.1, 0.15) is 23.7 Å². The number of anilines is 1. The number of benzene rings is 1. The zero-order chi connectivity index (χ0) is 17.0. The maximum absolute atomic E-state index is 12.2. The van der Waals surface area contributed by atoms with E-state index < -0.39 is 11.2 Å². The summed E-state index contributed by atoms with van der Waals surface area (Å²) >= 11 is 6.23. The highest BCUT2D eigenvalue weighted by atomic mass is 32.2. The van der Waals surface area contributed by atoms with Crippen LogP contribution in [0.2, 0.25) is 0 Å². The lowest BCUT2D eigenvalue weighted by atomic mass is 10.1. The number of carbonyl (C=O) groups is 3. The molecule has 0 spiro atoms. The van der Waals surface area contributed by atoms with Gasteiger partial charge in [0.25, 0.3) is 0 Å². The number of nitrogens with one attached hydrogen (secondary N) is 1. The monoisotopic (exact) mass is 352 g/mol. The fraction of sp³-hybridized carbons (Fsp3) is 0.333. The van der Waals surface area contributed by atoms with Crippen molar-refractivity contribution < 1.29 is 19.1 Å². The Kier molecular flexibility index (Phi) is 5.73. The average Bonchev–Trinajstić information content (AvgIpc) is 2.75. The van der Waals surface area contributed by atoms with Gasteiger partial charge < -0.3 is 10.1 Å². The number of hydrogen-bond acceptors (Lipinski definition) is 6. The topological polar surface area (TPSA) is 75.7 Å². The fourth-order valence-corrected chi connectivity index (χ4v) is 3.46.